The SMILES string of the molecule is C=CCCCC.CC1CC(C)(C)NC(C)(C)C1.CC1CC(C)(C)NC(C)(C)C1.CCCCCc1cc(CCCCCCCc2cc(C)cc(CCC3CC(C)(C)NC(C)(C)C3)c2)cc(CCC2CC(C)(C)NC(C)(C)C2)c1. The van der Waals surface area contributed by atoms with Gasteiger partial charge in [0.1, 0.15) is 0 Å². The van der Waals surface area contributed by atoms with Crippen LogP contribution in [0.2, 0.25) is 0 Å². The Hall–Kier alpha value is -1.98. The molecule has 0 saturated carbocycles. The van der Waals surface area contributed by atoms with Crippen molar-refractivity contribution in [1.82, 2.24) is 21.3 Å². The van der Waals surface area contributed by atoms with E-state index in [1.807, 2.05) is 6.08 Å². The highest BCUT2D eigenvalue weighted by Crippen LogP contribution is 2.38. The third kappa shape index (κ3) is 29.5. The van der Waals surface area contributed by atoms with E-state index < -0.39 is 0 Å². The summed E-state index contributed by atoms with van der Waals surface area (Å²) < 4.78 is 0. The lowest BCUT2D eigenvalue weighted by Crippen LogP contribution is -2.57. The summed E-state index contributed by atoms with van der Waals surface area (Å²) in [6.45, 7) is 52.6. The first kappa shape index (κ1) is 69.3. The normalized spacial score (nSPS) is 22.3. The van der Waals surface area contributed by atoms with Gasteiger partial charge in [0.25, 0.3) is 0 Å². The van der Waals surface area contributed by atoms with Gasteiger partial charge in [-0.05, 0) is 291 Å². The van der Waals surface area contributed by atoms with Gasteiger partial charge >= 0.3 is 0 Å². The van der Waals surface area contributed by atoms with Crippen LogP contribution in [0.3, 0.4) is 0 Å². The number of piperidine rings is 4. The van der Waals surface area contributed by atoms with E-state index in [1.54, 1.807) is 27.8 Å². The van der Waals surface area contributed by atoms with Crippen LogP contribution < -0.4 is 21.3 Å². The summed E-state index contributed by atoms with van der Waals surface area (Å²) in [7, 11) is 0. The molecular weight excluding hydrogens is 933 g/mol. The van der Waals surface area contributed by atoms with Crippen LogP contribution in [-0.2, 0) is 32.1 Å². The third-order valence-electron chi connectivity index (χ3n) is 17.1. The molecule has 0 atom stereocenters. The Morgan fingerprint density at radius 1 is 0.377 bits per heavy atom. The van der Waals surface area contributed by atoms with Crippen molar-refractivity contribution in [2.75, 3.05) is 0 Å². The second-order valence-electron chi connectivity index (χ2n) is 31.9. The standard InChI is InChI=1S/C47H78N2.2C10H21N.C6H12/c1-11-12-16-19-38-29-39(31-41(30-38)23-25-43-34-46(7,8)49-47(9,10)35-43)21-18-15-13-14-17-20-37-26-36(2)27-40(28-37)22-24-42-32-44(3,4)48-45(5,6)33-42;2*1-8-6-9(2,3)11-10(4,5)7-8;1-3-5-6-4-2/h26-31,42-43,48-49H,11-25,32-35H2,1-10H3;2*8,11H,6-7H2,1-5H3;3H,1,4-6H2,2H3. The van der Waals surface area contributed by atoms with Crippen LogP contribution in [0.25, 0.3) is 0 Å². The number of unbranched alkanes of at least 4 members (excludes halogenated alkanes) is 8. The van der Waals surface area contributed by atoms with Gasteiger partial charge in [-0.2, -0.15) is 0 Å². The van der Waals surface area contributed by atoms with Crippen molar-refractivity contribution in [1.29, 1.82) is 0 Å². The number of rotatable bonds is 21. The zero-order chi connectivity index (χ0) is 57.9. The van der Waals surface area contributed by atoms with Gasteiger partial charge in [0.05, 0.1) is 0 Å². The van der Waals surface area contributed by atoms with E-state index in [1.165, 1.54) is 173 Å². The molecule has 77 heavy (non-hydrogen) atoms. The maximum absolute atomic E-state index is 3.88. The molecule has 0 amide bonds. The zero-order valence-electron chi connectivity index (χ0n) is 55.4. The van der Waals surface area contributed by atoms with Gasteiger partial charge in [-0.3, -0.25) is 0 Å². The summed E-state index contributed by atoms with van der Waals surface area (Å²) in [5, 5.41) is 15.1. The Kier molecular flexibility index (Phi) is 27.8. The van der Waals surface area contributed by atoms with Crippen LogP contribution in [0.15, 0.2) is 49.1 Å². The highest BCUT2D eigenvalue weighted by Gasteiger charge is 2.39. The predicted molar refractivity (Wildman–Crippen MR) is 345 cm³/mol. The zero-order valence-corrected chi connectivity index (χ0v) is 55.4. The van der Waals surface area contributed by atoms with E-state index in [0.717, 1.165) is 23.7 Å². The van der Waals surface area contributed by atoms with Crippen LogP contribution in [0.1, 0.15) is 307 Å². The van der Waals surface area contributed by atoms with Gasteiger partial charge in [-0.25, -0.2) is 0 Å². The molecule has 0 aliphatic carbocycles. The molecule has 0 radical (unpaired) electrons. The summed E-state index contributed by atoms with van der Waals surface area (Å²) >= 11 is 0. The summed E-state index contributed by atoms with van der Waals surface area (Å²) in [5.41, 5.74) is 11.7. The van der Waals surface area contributed by atoms with Crippen molar-refractivity contribution in [2.45, 2.75) is 357 Å². The molecule has 0 unspecified atom stereocenters. The van der Waals surface area contributed by atoms with Gasteiger partial charge in [-0.15, -0.1) is 6.58 Å². The summed E-state index contributed by atoms with van der Waals surface area (Å²) in [5.74, 6) is 3.34. The molecule has 4 aliphatic heterocycles. The quantitative estimate of drug-likeness (QED) is 0.0743. The third-order valence-corrected chi connectivity index (χ3v) is 17.1. The number of allylic oxidation sites excluding steroid dienone is 1. The molecule has 4 saturated heterocycles. The second kappa shape index (κ2) is 30.9. The summed E-state index contributed by atoms with van der Waals surface area (Å²) in [6, 6.07) is 15.1. The average molecular weight is 1070 g/mol. The molecule has 2 aromatic rings. The van der Waals surface area contributed by atoms with Crippen molar-refractivity contribution < 1.29 is 0 Å². The molecule has 2 aromatic carbocycles. The monoisotopic (exact) mass is 1070 g/mol. The first-order valence-corrected chi connectivity index (χ1v) is 32.5. The number of nitrogens with one attached hydrogen (secondary N) is 4. The minimum Gasteiger partial charge on any atom is -0.307 e. The first-order chi connectivity index (χ1) is 35.5. The second-order valence-corrected chi connectivity index (χ2v) is 31.9. The number of hydrogen-bond donors (Lipinski definition) is 4. The summed E-state index contributed by atoms with van der Waals surface area (Å²) in [4.78, 5) is 0. The Labute approximate surface area is 481 Å². The topological polar surface area (TPSA) is 48.1 Å². The lowest BCUT2D eigenvalue weighted by molar-refractivity contribution is 0.123. The maximum Gasteiger partial charge on any atom is 0.0132 e. The van der Waals surface area contributed by atoms with Gasteiger partial charge in [0.15, 0.2) is 0 Å². The van der Waals surface area contributed by atoms with Gasteiger partial charge in [-0.1, -0.05) is 121 Å². The van der Waals surface area contributed by atoms with E-state index >= 15 is 0 Å². The lowest BCUT2D eigenvalue weighted by atomic mass is 9.74. The number of aryl methyl sites for hydroxylation is 6. The molecule has 4 aliphatic rings. The lowest BCUT2D eigenvalue weighted by Gasteiger charge is -2.46. The van der Waals surface area contributed by atoms with Gasteiger partial charge < -0.3 is 21.3 Å². The van der Waals surface area contributed by atoms with Crippen molar-refractivity contribution in [3.05, 3.63) is 82.4 Å². The minimum absolute atomic E-state index is 0.241. The van der Waals surface area contributed by atoms with E-state index in [4.69, 9.17) is 0 Å². The minimum atomic E-state index is 0.241. The van der Waals surface area contributed by atoms with E-state index in [2.05, 4.69) is 210 Å². The number of benzene rings is 2. The predicted octanol–water partition coefficient (Wildman–Crippen LogP) is 19.9. The fourth-order valence-corrected chi connectivity index (χ4v) is 16.5. The average Bonchev–Trinajstić information content (AvgIpc) is 3.22. The van der Waals surface area contributed by atoms with Crippen molar-refractivity contribution in [3.63, 3.8) is 0 Å². The van der Waals surface area contributed by atoms with E-state index in [9.17, 15) is 0 Å². The van der Waals surface area contributed by atoms with Crippen molar-refractivity contribution in [3.8, 4) is 0 Å². The molecular formula is C73H132N4. The highest BCUT2D eigenvalue weighted by molar-refractivity contribution is 5.31. The van der Waals surface area contributed by atoms with Crippen LogP contribution in [0.4, 0.5) is 0 Å². The van der Waals surface area contributed by atoms with Crippen LogP contribution in [0.5, 0.6) is 0 Å². The van der Waals surface area contributed by atoms with Crippen LogP contribution >= 0.6 is 0 Å². The largest absolute Gasteiger partial charge is 0.307 e. The molecule has 4 heteroatoms. The first-order valence-electron chi connectivity index (χ1n) is 32.5. The smallest absolute Gasteiger partial charge is 0.0132 e. The number of hydrogen-bond acceptors (Lipinski definition) is 4. The Bertz CT molecular complexity index is 1890. The Morgan fingerprint density at radius 3 is 0.922 bits per heavy atom. The van der Waals surface area contributed by atoms with Crippen LogP contribution in [-0.4, -0.2) is 44.3 Å². The van der Waals surface area contributed by atoms with Crippen molar-refractivity contribution in [2.24, 2.45) is 23.7 Å². The highest BCUT2D eigenvalue weighted by atomic mass is 15.1. The molecule has 444 valence electrons. The molecule has 6 rings (SSSR count). The Morgan fingerprint density at radius 2 is 0.636 bits per heavy atom. The molecule has 4 nitrogen and oxygen atoms in total. The fourth-order valence-electron chi connectivity index (χ4n) is 16.5. The van der Waals surface area contributed by atoms with Gasteiger partial charge in [0.2, 0.25) is 0 Å². The Balaban J connectivity index is 0.000000447. The molecule has 4 heterocycles. The fraction of sp³-hybridized carbons (Fsp3) is 0.808. The molecule has 0 bridgehead atoms. The molecule has 0 spiro atoms. The van der Waals surface area contributed by atoms with Crippen LogP contribution in [0, 0.1) is 30.6 Å². The molecule has 4 fully saturated rings. The molecule has 4 N–H and O–H groups in total. The van der Waals surface area contributed by atoms with Gasteiger partial charge in [0, 0.05) is 44.3 Å². The van der Waals surface area contributed by atoms with Crippen molar-refractivity contribution >= 4 is 0 Å². The molecule has 0 aromatic heterocycles. The maximum atomic E-state index is 3.88. The van der Waals surface area contributed by atoms with E-state index in [0.29, 0.717) is 22.2 Å². The van der Waals surface area contributed by atoms with E-state index in [-0.39, 0.29) is 22.2 Å². The summed E-state index contributed by atoms with van der Waals surface area (Å²) in [6.07, 6.45) is 35.6.